The van der Waals surface area contributed by atoms with Crippen LogP contribution in [0.15, 0.2) is 36.5 Å². The molecule has 0 aliphatic heterocycles. The summed E-state index contributed by atoms with van der Waals surface area (Å²) in [5.41, 5.74) is 7.57. The molecule has 4 nitrogen and oxygen atoms in total. The van der Waals surface area contributed by atoms with Crippen molar-refractivity contribution >= 4 is 5.69 Å². The van der Waals surface area contributed by atoms with Crippen LogP contribution in [0.25, 0.3) is 0 Å². The van der Waals surface area contributed by atoms with Crippen molar-refractivity contribution in [1.29, 1.82) is 5.26 Å². The van der Waals surface area contributed by atoms with E-state index in [1.165, 1.54) is 0 Å². The lowest BCUT2D eigenvalue weighted by atomic mass is 10.2. The average Bonchev–Trinajstić information content (AvgIpc) is 2.31. The van der Waals surface area contributed by atoms with Gasteiger partial charge in [-0.2, -0.15) is 5.26 Å². The number of anilines is 1. The molecule has 17 heavy (non-hydrogen) atoms. The number of benzene rings is 1. The van der Waals surface area contributed by atoms with Crippen molar-refractivity contribution in [1.82, 2.24) is 4.98 Å². The average molecular weight is 225 g/mol. The highest BCUT2D eigenvalue weighted by Gasteiger charge is 2.05. The zero-order valence-electron chi connectivity index (χ0n) is 9.34. The quantitative estimate of drug-likeness (QED) is 0.797. The smallest absolute Gasteiger partial charge is 0.219 e. The van der Waals surface area contributed by atoms with Crippen LogP contribution in [0.3, 0.4) is 0 Å². The van der Waals surface area contributed by atoms with Crippen LogP contribution in [-0.2, 0) is 0 Å². The van der Waals surface area contributed by atoms with E-state index >= 15 is 0 Å². The summed E-state index contributed by atoms with van der Waals surface area (Å²) in [5, 5.41) is 8.97. The minimum Gasteiger partial charge on any atom is -0.438 e. The van der Waals surface area contributed by atoms with Gasteiger partial charge in [-0.25, -0.2) is 4.98 Å². The fourth-order valence-electron chi connectivity index (χ4n) is 1.40. The summed E-state index contributed by atoms with van der Waals surface area (Å²) in [6.45, 7) is 1.95. The summed E-state index contributed by atoms with van der Waals surface area (Å²) >= 11 is 0. The lowest BCUT2D eigenvalue weighted by molar-refractivity contribution is 0.461. The van der Waals surface area contributed by atoms with Crippen molar-refractivity contribution in [2.75, 3.05) is 5.73 Å². The first kappa shape index (κ1) is 11.0. The molecule has 84 valence electrons. The Bertz CT molecular complexity index is 587. The van der Waals surface area contributed by atoms with Gasteiger partial charge in [0.25, 0.3) is 0 Å². The molecule has 0 saturated carbocycles. The molecule has 1 aromatic heterocycles. The number of hydrogen-bond donors (Lipinski definition) is 1. The molecule has 0 fully saturated rings. The molecular weight excluding hydrogens is 214 g/mol. The molecule has 2 N–H and O–H groups in total. The summed E-state index contributed by atoms with van der Waals surface area (Å²) in [6.07, 6.45) is 1.66. The number of aryl methyl sites for hydroxylation is 1. The van der Waals surface area contributed by atoms with Crippen molar-refractivity contribution in [2.45, 2.75) is 6.92 Å². The Kier molecular flexibility index (Phi) is 2.93. The van der Waals surface area contributed by atoms with Crippen molar-refractivity contribution in [3.8, 4) is 17.7 Å². The number of ether oxygens (including phenoxy) is 1. The topological polar surface area (TPSA) is 71.9 Å². The summed E-state index contributed by atoms with van der Waals surface area (Å²) in [7, 11) is 0. The Hall–Kier alpha value is -2.54. The highest BCUT2D eigenvalue weighted by Crippen LogP contribution is 2.25. The van der Waals surface area contributed by atoms with Crippen LogP contribution in [0.1, 0.15) is 11.1 Å². The third-order valence-corrected chi connectivity index (χ3v) is 2.23. The van der Waals surface area contributed by atoms with Gasteiger partial charge in [0, 0.05) is 18.0 Å². The van der Waals surface area contributed by atoms with Gasteiger partial charge in [0.1, 0.15) is 11.8 Å². The molecule has 0 atom stereocenters. The second kappa shape index (κ2) is 4.54. The van der Waals surface area contributed by atoms with Crippen LogP contribution in [0.4, 0.5) is 5.69 Å². The fourth-order valence-corrected chi connectivity index (χ4v) is 1.40. The van der Waals surface area contributed by atoms with E-state index in [-0.39, 0.29) is 0 Å². The molecule has 0 saturated heterocycles. The minimum absolute atomic E-state index is 0.397. The van der Waals surface area contributed by atoms with Gasteiger partial charge >= 0.3 is 0 Å². The monoisotopic (exact) mass is 225 g/mol. The van der Waals surface area contributed by atoms with Crippen molar-refractivity contribution in [3.05, 3.63) is 47.7 Å². The third kappa shape index (κ3) is 2.52. The number of nitrogens with two attached hydrogens (primary N) is 1. The highest BCUT2D eigenvalue weighted by molar-refractivity contribution is 5.53. The van der Waals surface area contributed by atoms with E-state index in [0.717, 1.165) is 5.56 Å². The number of nitrogens with zero attached hydrogens (tertiary/aromatic N) is 2. The van der Waals surface area contributed by atoms with Crippen LogP contribution in [0, 0.1) is 18.3 Å². The van der Waals surface area contributed by atoms with Gasteiger partial charge in [-0.1, -0.05) is 0 Å². The molecule has 2 rings (SSSR count). The maximum atomic E-state index is 8.97. The first-order chi connectivity index (χ1) is 8.19. The van der Waals surface area contributed by atoms with Crippen molar-refractivity contribution < 1.29 is 4.74 Å². The maximum Gasteiger partial charge on any atom is 0.219 e. The Balaban J connectivity index is 2.34. The standard InChI is InChI=1S/C13H11N3O/c1-9-4-5-16-13(6-9)17-12-3-2-11(15)7-10(12)8-14/h2-7H,15H2,1H3. The van der Waals surface area contributed by atoms with E-state index in [2.05, 4.69) is 4.98 Å². The molecule has 0 aliphatic rings. The summed E-state index contributed by atoms with van der Waals surface area (Å²) in [5.74, 6) is 0.922. The Labute approximate surface area is 99.3 Å². The number of pyridine rings is 1. The molecule has 0 unspecified atom stereocenters. The maximum absolute atomic E-state index is 8.97. The lowest BCUT2D eigenvalue weighted by Gasteiger charge is -2.07. The summed E-state index contributed by atoms with van der Waals surface area (Å²) in [6, 6.07) is 10.6. The first-order valence-corrected chi connectivity index (χ1v) is 5.09. The van der Waals surface area contributed by atoms with E-state index in [1.54, 1.807) is 30.5 Å². The molecular formula is C13H11N3O. The van der Waals surface area contributed by atoms with E-state index in [4.69, 9.17) is 15.7 Å². The molecule has 0 spiro atoms. The molecule has 1 heterocycles. The fraction of sp³-hybridized carbons (Fsp3) is 0.0769. The Morgan fingerprint density at radius 1 is 1.29 bits per heavy atom. The van der Waals surface area contributed by atoms with Crippen molar-refractivity contribution in [3.63, 3.8) is 0 Å². The van der Waals surface area contributed by atoms with Gasteiger partial charge < -0.3 is 10.5 Å². The van der Waals surface area contributed by atoms with Gasteiger partial charge in [0.05, 0.1) is 5.56 Å². The van der Waals surface area contributed by atoms with Crippen molar-refractivity contribution in [2.24, 2.45) is 0 Å². The predicted molar refractivity (Wildman–Crippen MR) is 64.6 cm³/mol. The molecule has 4 heteroatoms. The number of aromatic nitrogens is 1. The summed E-state index contributed by atoms with van der Waals surface area (Å²) < 4.78 is 5.55. The number of hydrogen-bond acceptors (Lipinski definition) is 4. The summed E-state index contributed by atoms with van der Waals surface area (Å²) in [4.78, 5) is 4.07. The van der Waals surface area contributed by atoms with Crippen LogP contribution in [-0.4, -0.2) is 4.98 Å². The van der Waals surface area contributed by atoms with E-state index in [0.29, 0.717) is 22.9 Å². The highest BCUT2D eigenvalue weighted by atomic mass is 16.5. The number of nitriles is 1. The van der Waals surface area contributed by atoms with Gasteiger partial charge in [0.2, 0.25) is 5.88 Å². The van der Waals surface area contributed by atoms with Crippen LogP contribution in [0.2, 0.25) is 0 Å². The van der Waals surface area contributed by atoms with Crippen LogP contribution in [0.5, 0.6) is 11.6 Å². The molecule has 1 aromatic carbocycles. The van der Waals surface area contributed by atoms with Gasteiger partial charge in [-0.05, 0) is 36.8 Å². The minimum atomic E-state index is 0.397. The Morgan fingerprint density at radius 3 is 2.82 bits per heavy atom. The van der Waals surface area contributed by atoms with E-state index in [1.807, 2.05) is 19.1 Å². The SMILES string of the molecule is Cc1ccnc(Oc2ccc(N)cc2C#N)c1. The molecule has 0 amide bonds. The molecule has 0 bridgehead atoms. The van der Waals surface area contributed by atoms with E-state index < -0.39 is 0 Å². The zero-order chi connectivity index (χ0) is 12.3. The van der Waals surface area contributed by atoms with Crippen LogP contribution < -0.4 is 10.5 Å². The largest absolute Gasteiger partial charge is 0.438 e. The third-order valence-electron chi connectivity index (χ3n) is 2.23. The molecule has 2 aromatic rings. The van der Waals surface area contributed by atoms with Gasteiger partial charge in [-0.3, -0.25) is 0 Å². The Morgan fingerprint density at radius 2 is 2.12 bits per heavy atom. The van der Waals surface area contributed by atoms with Gasteiger partial charge in [-0.15, -0.1) is 0 Å². The van der Waals surface area contributed by atoms with Gasteiger partial charge in [0.15, 0.2) is 0 Å². The van der Waals surface area contributed by atoms with E-state index in [9.17, 15) is 0 Å². The zero-order valence-corrected chi connectivity index (χ0v) is 9.34. The second-order valence-corrected chi connectivity index (χ2v) is 3.64. The normalized spacial score (nSPS) is 9.65. The molecule has 0 radical (unpaired) electrons. The number of nitrogen functional groups attached to an aromatic ring is 1. The first-order valence-electron chi connectivity index (χ1n) is 5.09. The second-order valence-electron chi connectivity index (χ2n) is 3.64. The predicted octanol–water partition coefficient (Wildman–Crippen LogP) is 2.64. The lowest BCUT2D eigenvalue weighted by Crippen LogP contribution is -1.93. The number of rotatable bonds is 2. The molecule has 0 aliphatic carbocycles. The van der Waals surface area contributed by atoms with Crippen LogP contribution >= 0.6 is 0 Å².